The van der Waals surface area contributed by atoms with Gasteiger partial charge in [0.2, 0.25) is 5.91 Å². The summed E-state index contributed by atoms with van der Waals surface area (Å²) in [5.41, 5.74) is 1.94. The molecule has 1 spiro atoms. The van der Waals surface area contributed by atoms with E-state index in [0.29, 0.717) is 38.6 Å². The fourth-order valence-corrected chi connectivity index (χ4v) is 6.84. The quantitative estimate of drug-likeness (QED) is 0.147. The first-order chi connectivity index (χ1) is 25.2. The minimum absolute atomic E-state index is 0.0150. The average Bonchev–Trinajstić information content (AvgIpc) is 3.15. The molecule has 0 aromatic heterocycles. The molecule has 2 aliphatic heterocycles. The average molecular weight is 720 g/mol. The summed E-state index contributed by atoms with van der Waals surface area (Å²) >= 11 is 0. The van der Waals surface area contributed by atoms with Gasteiger partial charge in [-0.1, -0.05) is 60.7 Å². The predicted molar refractivity (Wildman–Crippen MR) is 192 cm³/mol. The molecule has 2 fully saturated rings. The van der Waals surface area contributed by atoms with Crippen LogP contribution < -0.4 is 20.7 Å². The summed E-state index contributed by atoms with van der Waals surface area (Å²) in [6.07, 6.45) is 0.865. The van der Waals surface area contributed by atoms with Crippen LogP contribution in [-0.2, 0) is 46.2 Å². The first kappa shape index (κ1) is 38.4. The molecule has 3 aromatic carbocycles. The van der Waals surface area contributed by atoms with Crippen molar-refractivity contribution in [3.05, 3.63) is 77.9 Å². The number of para-hydroxylation sites is 1. The van der Waals surface area contributed by atoms with Gasteiger partial charge in [0, 0.05) is 38.8 Å². The van der Waals surface area contributed by atoms with E-state index in [-0.39, 0.29) is 31.9 Å². The molecule has 0 bridgehead atoms. The highest BCUT2D eigenvalue weighted by molar-refractivity contribution is 5.86. The van der Waals surface area contributed by atoms with E-state index in [1.165, 1.54) is 7.11 Å². The maximum absolute atomic E-state index is 13.1. The van der Waals surface area contributed by atoms with Crippen LogP contribution in [-0.4, -0.2) is 81.6 Å². The Bertz CT molecular complexity index is 1680. The molecule has 5 rings (SSSR count). The van der Waals surface area contributed by atoms with E-state index < -0.39 is 48.3 Å². The molecular weight excluding hydrogens is 670 g/mol. The molecule has 13 heteroatoms. The summed E-state index contributed by atoms with van der Waals surface area (Å²) in [4.78, 5) is 50.2. The highest BCUT2D eigenvalue weighted by atomic mass is 16.7. The Morgan fingerprint density at radius 3 is 2.48 bits per heavy atom. The van der Waals surface area contributed by atoms with Crippen LogP contribution >= 0.6 is 0 Å². The molecule has 3 amide bonds. The number of esters is 1. The molecule has 13 nitrogen and oxygen atoms in total. The summed E-state index contributed by atoms with van der Waals surface area (Å²) in [6, 6.07) is 20.7. The Hall–Kier alpha value is -4.88. The van der Waals surface area contributed by atoms with Crippen molar-refractivity contribution in [1.29, 1.82) is 0 Å². The lowest BCUT2D eigenvalue weighted by Gasteiger charge is -2.47. The Labute approximate surface area is 304 Å². The van der Waals surface area contributed by atoms with Crippen LogP contribution in [0.15, 0.2) is 66.7 Å². The van der Waals surface area contributed by atoms with Gasteiger partial charge in [0.25, 0.3) is 0 Å². The summed E-state index contributed by atoms with van der Waals surface area (Å²) in [5, 5.41) is 10.4. The standard InChI is InChI=1S/C39H49N3O10/c1-26(36(44)48-3)42-35(43)18-17-30-22-32(50-38(46)41-24-29-13-8-12-27-10-4-6-15-33(27)29)23-39(51-30)20-9-14-31(52-39)25-49-37(45)40-21-19-28-11-5-7-16-34(28)47-2/h4-8,10-13,15-16,26,30-32H,9,14,17-25H2,1-3H3,(H,40,45)(H,41,46)(H,42,43)/t26-,30?,31?,32?,39?/m0/s1. The maximum atomic E-state index is 13.1. The van der Waals surface area contributed by atoms with Crippen molar-refractivity contribution >= 4 is 34.8 Å². The van der Waals surface area contributed by atoms with E-state index in [2.05, 4.69) is 16.0 Å². The number of methoxy groups -OCH3 is 2. The Morgan fingerprint density at radius 2 is 1.65 bits per heavy atom. The molecule has 0 aliphatic carbocycles. The number of fused-ring (bicyclic) bond motifs is 1. The minimum Gasteiger partial charge on any atom is -0.496 e. The number of rotatable bonds is 14. The maximum Gasteiger partial charge on any atom is 0.407 e. The number of hydrogen-bond acceptors (Lipinski definition) is 10. The number of carbonyl (C=O) groups excluding carboxylic acids is 4. The van der Waals surface area contributed by atoms with Gasteiger partial charge in [-0.3, -0.25) is 4.79 Å². The second-order valence-corrected chi connectivity index (χ2v) is 13.2. The topological polar surface area (TPSA) is 160 Å². The van der Waals surface area contributed by atoms with Crippen molar-refractivity contribution in [2.75, 3.05) is 27.4 Å². The van der Waals surface area contributed by atoms with E-state index in [4.69, 9.17) is 28.4 Å². The van der Waals surface area contributed by atoms with Gasteiger partial charge in [0.05, 0.1) is 26.4 Å². The zero-order chi connectivity index (χ0) is 36.9. The van der Waals surface area contributed by atoms with Crippen LogP contribution in [0.25, 0.3) is 10.8 Å². The van der Waals surface area contributed by atoms with Gasteiger partial charge in [-0.2, -0.15) is 0 Å². The van der Waals surface area contributed by atoms with Gasteiger partial charge in [0.15, 0.2) is 5.79 Å². The minimum atomic E-state index is -1.11. The first-order valence-corrected chi connectivity index (χ1v) is 17.8. The number of alkyl carbamates (subject to hydrolysis) is 2. The molecule has 3 aromatic rings. The summed E-state index contributed by atoms with van der Waals surface area (Å²) < 4.78 is 34.6. The number of hydrogen-bond donors (Lipinski definition) is 3. The lowest BCUT2D eigenvalue weighted by atomic mass is 9.90. The van der Waals surface area contributed by atoms with Gasteiger partial charge in [-0.15, -0.1) is 0 Å². The normalized spacial score (nSPS) is 21.8. The molecule has 3 N–H and O–H groups in total. The largest absolute Gasteiger partial charge is 0.496 e. The molecule has 5 atom stereocenters. The highest BCUT2D eigenvalue weighted by Crippen LogP contribution is 2.41. The molecule has 0 saturated carbocycles. The van der Waals surface area contributed by atoms with Gasteiger partial charge in [-0.25, -0.2) is 14.4 Å². The Kier molecular flexibility index (Phi) is 13.7. The molecule has 4 unspecified atom stereocenters. The van der Waals surface area contributed by atoms with Crippen molar-refractivity contribution in [3.8, 4) is 5.75 Å². The SMILES string of the molecule is COC(=O)[C@H](C)NC(=O)CCC1CC(OC(=O)NCc2cccc3ccccc23)CC2(CCCC(COC(=O)NCCc3ccccc3OC)O2)O1. The highest BCUT2D eigenvalue weighted by Gasteiger charge is 2.47. The molecule has 2 aliphatic rings. The third kappa shape index (κ3) is 10.8. The Balaban J connectivity index is 1.18. The molecule has 2 saturated heterocycles. The number of ether oxygens (including phenoxy) is 6. The summed E-state index contributed by atoms with van der Waals surface area (Å²) in [7, 11) is 2.87. The molecule has 280 valence electrons. The molecule has 0 radical (unpaired) electrons. The van der Waals surface area contributed by atoms with E-state index in [9.17, 15) is 19.2 Å². The van der Waals surface area contributed by atoms with Crippen molar-refractivity contribution < 1.29 is 47.6 Å². The third-order valence-electron chi connectivity index (χ3n) is 9.37. The monoisotopic (exact) mass is 719 g/mol. The van der Waals surface area contributed by atoms with Crippen molar-refractivity contribution in [3.63, 3.8) is 0 Å². The molecule has 52 heavy (non-hydrogen) atoms. The van der Waals surface area contributed by atoms with Gasteiger partial charge in [-0.05, 0) is 60.6 Å². The van der Waals surface area contributed by atoms with Crippen molar-refractivity contribution in [1.82, 2.24) is 16.0 Å². The van der Waals surface area contributed by atoms with Crippen LogP contribution in [0, 0.1) is 0 Å². The second kappa shape index (κ2) is 18.6. The number of carbonyl (C=O) groups is 4. The first-order valence-electron chi connectivity index (χ1n) is 17.8. The zero-order valence-corrected chi connectivity index (χ0v) is 30.0. The van der Waals surface area contributed by atoms with Crippen molar-refractivity contribution in [2.45, 2.75) is 95.0 Å². The number of benzene rings is 3. The van der Waals surface area contributed by atoms with Crippen LogP contribution in [0.5, 0.6) is 5.75 Å². The summed E-state index contributed by atoms with van der Waals surface area (Å²) in [6.45, 7) is 2.22. The van der Waals surface area contributed by atoms with E-state index in [1.54, 1.807) is 14.0 Å². The van der Waals surface area contributed by atoms with Crippen molar-refractivity contribution in [2.24, 2.45) is 0 Å². The fraction of sp³-hybridized carbons (Fsp3) is 0.487. The van der Waals surface area contributed by atoms with Gasteiger partial charge >= 0.3 is 18.2 Å². The smallest absolute Gasteiger partial charge is 0.407 e. The lowest BCUT2D eigenvalue weighted by Crippen LogP contribution is -2.53. The van der Waals surface area contributed by atoms with E-state index in [0.717, 1.165) is 34.1 Å². The van der Waals surface area contributed by atoms with Crippen LogP contribution in [0.1, 0.15) is 63.0 Å². The summed E-state index contributed by atoms with van der Waals surface area (Å²) in [5.74, 6) is -1.23. The Morgan fingerprint density at radius 1 is 0.904 bits per heavy atom. The third-order valence-corrected chi connectivity index (χ3v) is 9.37. The number of amides is 3. The van der Waals surface area contributed by atoms with Crippen LogP contribution in [0.4, 0.5) is 9.59 Å². The van der Waals surface area contributed by atoms with E-state index >= 15 is 0 Å². The molecular formula is C39H49N3O10. The number of nitrogens with one attached hydrogen (secondary N) is 3. The lowest BCUT2D eigenvalue weighted by molar-refractivity contribution is -0.329. The molecule has 2 heterocycles. The van der Waals surface area contributed by atoms with E-state index in [1.807, 2.05) is 66.7 Å². The van der Waals surface area contributed by atoms with Gasteiger partial charge < -0.3 is 44.4 Å². The zero-order valence-electron chi connectivity index (χ0n) is 30.0. The van der Waals surface area contributed by atoms with Crippen LogP contribution in [0.2, 0.25) is 0 Å². The second-order valence-electron chi connectivity index (χ2n) is 13.2. The predicted octanol–water partition coefficient (Wildman–Crippen LogP) is 5.31. The van der Waals surface area contributed by atoms with Gasteiger partial charge in [0.1, 0.15) is 24.5 Å². The van der Waals surface area contributed by atoms with Crippen LogP contribution in [0.3, 0.4) is 0 Å². The fourth-order valence-electron chi connectivity index (χ4n) is 6.84.